The Morgan fingerprint density at radius 1 is 1.12 bits per heavy atom. The fourth-order valence-corrected chi connectivity index (χ4v) is 6.30. The Balaban J connectivity index is 1.65. The molecule has 218 valence electrons. The van der Waals surface area contributed by atoms with Gasteiger partial charge in [-0.1, -0.05) is 55.5 Å². The molecule has 0 unspecified atom stereocenters. The molecule has 1 aliphatic rings. The molecule has 2 N–H and O–H groups in total. The van der Waals surface area contributed by atoms with Crippen molar-refractivity contribution in [2.24, 2.45) is 5.92 Å². The van der Waals surface area contributed by atoms with Crippen molar-refractivity contribution in [3.05, 3.63) is 89.5 Å². The highest BCUT2D eigenvalue weighted by Crippen LogP contribution is 2.34. The fraction of sp³-hybridized carbons (Fsp3) is 0.300. The van der Waals surface area contributed by atoms with Crippen molar-refractivity contribution in [2.75, 3.05) is 32.1 Å². The maximum atomic E-state index is 14.1. The van der Waals surface area contributed by atoms with Gasteiger partial charge in [0.1, 0.15) is 28.4 Å². The largest absolute Gasteiger partial charge is 0.487 e. The number of likely N-dealkylation sites (N-methyl/N-ethyl adjacent to an activating group) is 1. The predicted molar refractivity (Wildman–Crippen MR) is 154 cm³/mol. The number of nitrogens with zero attached hydrogens (tertiary/aromatic N) is 2. The number of carbonyl (C=O) groups excluding carboxylic acids is 1. The molecule has 2 amide bonds. The molecule has 0 radical (unpaired) electrons. The summed E-state index contributed by atoms with van der Waals surface area (Å²) in [5.41, 5.74) is 1.36. The summed E-state index contributed by atoms with van der Waals surface area (Å²) in [6.45, 7) is 3.06. The van der Waals surface area contributed by atoms with Crippen molar-refractivity contribution >= 4 is 33.9 Å². The van der Waals surface area contributed by atoms with E-state index >= 15 is 0 Å². The second kappa shape index (κ2) is 12.8. The van der Waals surface area contributed by atoms with E-state index in [0.29, 0.717) is 5.56 Å². The second-order valence-corrected chi connectivity index (χ2v) is 12.0. The zero-order valence-electron chi connectivity index (χ0n) is 23.0. The zero-order chi connectivity index (χ0) is 29.7. The van der Waals surface area contributed by atoms with Crippen LogP contribution in [-0.2, 0) is 10.0 Å². The number of amides is 2. The number of carbonyl (C=O) groups is 1. The molecule has 0 aromatic heterocycles. The van der Waals surface area contributed by atoms with Crippen LogP contribution in [0, 0.1) is 17.6 Å². The van der Waals surface area contributed by atoms with Gasteiger partial charge in [-0.2, -0.15) is 4.31 Å². The number of ether oxygens (including phenoxy) is 1. The molecule has 3 atom stereocenters. The minimum Gasteiger partial charge on any atom is -0.487 e. The molecule has 0 saturated carbocycles. The highest BCUT2D eigenvalue weighted by Gasteiger charge is 2.38. The Hall–Kier alpha value is -3.80. The van der Waals surface area contributed by atoms with Crippen LogP contribution in [0.2, 0.25) is 0 Å². The van der Waals surface area contributed by atoms with Gasteiger partial charge >= 0.3 is 6.03 Å². The summed E-state index contributed by atoms with van der Waals surface area (Å²) in [6.07, 6.45) is 3.05. The number of hydrogen-bond acceptors (Lipinski definition) is 5. The van der Waals surface area contributed by atoms with E-state index in [1.807, 2.05) is 42.5 Å². The Kier molecular flexibility index (Phi) is 9.42. The molecule has 0 aliphatic carbocycles. The van der Waals surface area contributed by atoms with E-state index in [-0.39, 0.29) is 36.0 Å². The van der Waals surface area contributed by atoms with Gasteiger partial charge in [-0.15, -0.1) is 0 Å². The van der Waals surface area contributed by atoms with E-state index in [1.165, 1.54) is 22.3 Å². The second-order valence-electron chi connectivity index (χ2n) is 10.1. The number of nitrogens with one attached hydrogen (secondary N) is 1. The van der Waals surface area contributed by atoms with Crippen LogP contribution in [0.1, 0.15) is 25.0 Å². The molecule has 3 aromatic rings. The first kappa shape index (κ1) is 30.2. The van der Waals surface area contributed by atoms with Crippen LogP contribution in [-0.4, -0.2) is 67.7 Å². The molecule has 1 heterocycles. The van der Waals surface area contributed by atoms with Crippen LogP contribution < -0.4 is 10.1 Å². The van der Waals surface area contributed by atoms with Crippen LogP contribution in [0.3, 0.4) is 0 Å². The van der Waals surface area contributed by atoms with Gasteiger partial charge in [0.25, 0.3) is 0 Å². The van der Waals surface area contributed by atoms with E-state index in [4.69, 9.17) is 4.74 Å². The monoisotopic (exact) mass is 585 g/mol. The third-order valence-corrected chi connectivity index (χ3v) is 8.95. The Labute approximate surface area is 238 Å². The molecule has 1 aliphatic heterocycles. The lowest BCUT2D eigenvalue weighted by Gasteiger charge is -2.37. The number of anilines is 1. The maximum Gasteiger partial charge on any atom is 0.321 e. The average molecular weight is 586 g/mol. The van der Waals surface area contributed by atoms with Gasteiger partial charge in [0.05, 0.1) is 18.8 Å². The maximum absolute atomic E-state index is 14.1. The summed E-state index contributed by atoms with van der Waals surface area (Å²) in [7, 11) is -2.56. The molecule has 0 spiro atoms. The van der Waals surface area contributed by atoms with Crippen molar-refractivity contribution in [1.82, 2.24) is 9.21 Å². The van der Waals surface area contributed by atoms with Gasteiger partial charge in [0, 0.05) is 31.6 Å². The van der Waals surface area contributed by atoms with Crippen molar-refractivity contribution in [3.8, 4) is 5.75 Å². The highest BCUT2D eigenvalue weighted by atomic mass is 32.2. The van der Waals surface area contributed by atoms with Gasteiger partial charge in [-0.25, -0.2) is 22.0 Å². The van der Waals surface area contributed by atoms with Gasteiger partial charge in [-0.05, 0) is 42.3 Å². The van der Waals surface area contributed by atoms with Crippen LogP contribution in [0.5, 0.6) is 5.75 Å². The molecule has 0 fully saturated rings. The van der Waals surface area contributed by atoms with E-state index in [2.05, 4.69) is 5.32 Å². The first-order valence-electron chi connectivity index (χ1n) is 13.1. The lowest BCUT2D eigenvalue weighted by molar-refractivity contribution is 0.0830. The molecular weight excluding hydrogens is 552 g/mol. The minimum absolute atomic E-state index is 0.00878. The summed E-state index contributed by atoms with van der Waals surface area (Å²) in [5, 5.41) is 12.2. The number of hydrogen-bond donors (Lipinski definition) is 2. The standard InChI is InChI=1S/C30H33F2N3O5S/c1-20-17-35(21(2)19-36)41(38,39)29-14-11-23(10-9-22-7-5-4-6-8-22)15-27(29)40-28(20)18-34(3)30(37)33-26-16-24(31)12-13-25(26)32/h4-16,20-21,28,36H,17-19H2,1-3H3,(H,33,37)/t20-,21+,28-/m1/s1. The molecule has 0 saturated heterocycles. The number of aliphatic hydroxyl groups excluding tert-OH is 1. The van der Waals surface area contributed by atoms with E-state index < -0.39 is 45.8 Å². The number of fused-ring (bicyclic) bond motifs is 1. The number of halogens is 2. The summed E-state index contributed by atoms with van der Waals surface area (Å²) < 4.78 is 62.6. The number of sulfonamides is 1. The minimum atomic E-state index is -4.03. The molecule has 8 nitrogen and oxygen atoms in total. The van der Waals surface area contributed by atoms with E-state index in [0.717, 1.165) is 23.8 Å². The molecule has 0 bridgehead atoms. The van der Waals surface area contributed by atoms with Crippen molar-refractivity contribution in [1.29, 1.82) is 0 Å². The van der Waals surface area contributed by atoms with Crippen molar-refractivity contribution in [2.45, 2.75) is 30.9 Å². The predicted octanol–water partition coefficient (Wildman–Crippen LogP) is 5.07. The zero-order valence-corrected chi connectivity index (χ0v) is 23.8. The first-order chi connectivity index (χ1) is 19.5. The molecule has 3 aromatic carbocycles. The average Bonchev–Trinajstić information content (AvgIpc) is 2.95. The van der Waals surface area contributed by atoms with Crippen LogP contribution in [0.25, 0.3) is 12.2 Å². The third-order valence-electron chi connectivity index (χ3n) is 6.93. The number of urea groups is 1. The molecule has 11 heteroatoms. The Morgan fingerprint density at radius 2 is 1.83 bits per heavy atom. The SMILES string of the molecule is C[C@@H]1CN([C@@H](C)CO)S(=O)(=O)c2ccc(C=Cc3ccccc3)cc2O[C@@H]1CN(C)C(=O)Nc1cc(F)ccc1F. The number of benzene rings is 3. The van der Waals surface area contributed by atoms with Crippen molar-refractivity contribution < 1.29 is 31.8 Å². The van der Waals surface area contributed by atoms with Gasteiger partial charge in [0.15, 0.2) is 0 Å². The first-order valence-corrected chi connectivity index (χ1v) is 14.6. The Morgan fingerprint density at radius 3 is 2.54 bits per heavy atom. The van der Waals surface area contributed by atoms with E-state index in [1.54, 1.807) is 26.0 Å². The highest BCUT2D eigenvalue weighted by molar-refractivity contribution is 7.89. The fourth-order valence-electron chi connectivity index (χ4n) is 4.48. The normalized spacial score (nSPS) is 19.5. The third kappa shape index (κ3) is 7.10. The van der Waals surface area contributed by atoms with E-state index in [9.17, 15) is 27.1 Å². The summed E-state index contributed by atoms with van der Waals surface area (Å²) in [4.78, 5) is 14.1. The lowest BCUT2D eigenvalue weighted by atomic mass is 10.0. The molecule has 41 heavy (non-hydrogen) atoms. The van der Waals surface area contributed by atoms with Crippen LogP contribution >= 0.6 is 0 Å². The molecule has 4 rings (SSSR count). The quantitative estimate of drug-likeness (QED) is 0.378. The molecular formula is C30H33F2N3O5S. The summed E-state index contributed by atoms with van der Waals surface area (Å²) in [6, 6.07) is 15.7. The van der Waals surface area contributed by atoms with Gasteiger partial charge < -0.3 is 20.1 Å². The van der Waals surface area contributed by atoms with Crippen molar-refractivity contribution in [3.63, 3.8) is 0 Å². The smallest absolute Gasteiger partial charge is 0.321 e. The van der Waals surface area contributed by atoms with Crippen LogP contribution in [0.15, 0.2) is 71.6 Å². The Bertz CT molecular complexity index is 1520. The summed E-state index contributed by atoms with van der Waals surface area (Å²) in [5.74, 6) is -1.80. The topological polar surface area (TPSA) is 99.2 Å². The lowest BCUT2D eigenvalue weighted by Crippen LogP contribution is -2.50. The van der Waals surface area contributed by atoms with Crippen LogP contribution in [0.4, 0.5) is 19.3 Å². The number of aliphatic hydroxyl groups is 1. The van der Waals surface area contributed by atoms with Gasteiger partial charge in [0.2, 0.25) is 10.0 Å². The number of rotatable bonds is 7. The van der Waals surface area contributed by atoms with Gasteiger partial charge in [-0.3, -0.25) is 0 Å². The summed E-state index contributed by atoms with van der Waals surface area (Å²) >= 11 is 0.